The van der Waals surface area contributed by atoms with Crippen molar-refractivity contribution >= 4 is 0 Å². The summed E-state index contributed by atoms with van der Waals surface area (Å²) >= 11 is 0. The summed E-state index contributed by atoms with van der Waals surface area (Å²) in [5.41, 5.74) is 0. The van der Waals surface area contributed by atoms with Crippen LogP contribution in [0.25, 0.3) is 0 Å². The Kier molecular flexibility index (Phi) is 1.76. The molecule has 3 saturated carbocycles. The summed E-state index contributed by atoms with van der Waals surface area (Å²) in [4.78, 5) is 0. The van der Waals surface area contributed by atoms with Crippen molar-refractivity contribution in [3.8, 4) is 0 Å². The molecule has 0 aliphatic heterocycles. The van der Waals surface area contributed by atoms with Crippen LogP contribution in [-0.4, -0.2) is 0 Å². The fourth-order valence-electron chi connectivity index (χ4n) is 4.93. The molecule has 0 aromatic carbocycles. The number of rotatable bonds is 2. The molecule has 6 unspecified atom stereocenters. The van der Waals surface area contributed by atoms with Crippen molar-refractivity contribution in [2.24, 2.45) is 35.5 Å². The minimum absolute atomic E-state index is 1.13. The lowest BCUT2D eigenvalue weighted by Crippen LogP contribution is -2.57. The molecular formula is C13H22. The summed E-state index contributed by atoms with van der Waals surface area (Å²) in [7, 11) is 0. The molecule has 3 rings (SSSR count). The monoisotopic (exact) mass is 178 g/mol. The van der Waals surface area contributed by atoms with Gasteiger partial charge in [-0.2, -0.15) is 0 Å². The van der Waals surface area contributed by atoms with Crippen LogP contribution in [0.3, 0.4) is 0 Å². The zero-order chi connectivity index (χ0) is 9.00. The first-order valence-corrected chi connectivity index (χ1v) is 6.36. The SMILES string of the molecule is CCC1CCC2C1C1CC(CC)C21. The second kappa shape index (κ2) is 2.74. The van der Waals surface area contributed by atoms with Gasteiger partial charge in [0.2, 0.25) is 0 Å². The number of hydrogen-bond acceptors (Lipinski definition) is 0. The minimum atomic E-state index is 1.13. The van der Waals surface area contributed by atoms with Crippen molar-refractivity contribution < 1.29 is 0 Å². The molecule has 3 aliphatic rings. The van der Waals surface area contributed by atoms with Gasteiger partial charge in [-0.25, -0.2) is 0 Å². The second-order valence-corrected chi connectivity index (χ2v) is 5.63. The highest BCUT2D eigenvalue weighted by atomic mass is 14.7. The predicted molar refractivity (Wildman–Crippen MR) is 55.4 cm³/mol. The highest BCUT2D eigenvalue weighted by molar-refractivity contribution is 5.11. The Morgan fingerprint density at radius 1 is 0.846 bits per heavy atom. The molecule has 3 fully saturated rings. The van der Waals surface area contributed by atoms with Gasteiger partial charge in [0.1, 0.15) is 0 Å². The summed E-state index contributed by atoms with van der Waals surface area (Å²) in [5.74, 6) is 7.05. The van der Waals surface area contributed by atoms with Crippen molar-refractivity contribution in [3.63, 3.8) is 0 Å². The summed E-state index contributed by atoms with van der Waals surface area (Å²) in [6.07, 6.45) is 7.66. The first-order valence-electron chi connectivity index (χ1n) is 6.36. The molecule has 0 amide bonds. The van der Waals surface area contributed by atoms with Crippen LogP contribution in [0.4, 0.5) is 0 Å². The maximum absolute atomic E-state index is 2.40. The molecule has 13 heavy (non-hydrogen) atoms. The van der Waals surface area contributed by atoms with E-state index >= 15 is 0 Å². The lowest BCUT2D eigenvalue weighted by Gasteiger charge is -2.63. The fourth-order valence-corrected chi connectivity index (χ4v) is 4.93. The van der Waals surface area contributed by atoms with E-state index < -0.39 is 0 Å². The van der Waals surface area contributed by atoms with Crippen LogP contribution in [-0.2, 0) is 0 Å². The normalized spacial score (nSPS) is 57.7. The van der Waals surface area contributed by atoms with Gasteiger partial charge < -0.3 is 0 Å². The van der Waals surface area contributed by atoms with Gasteiger partial charge in [0.15, 0.2) is 0 Å². The molecule has 0 aromatic rings. The van der Waals surface area contributed by atoms with E-state index in [1.54, 1.807) is 19.3 Å². The van der Waals surface area contributed by atoms with Gasteiger partial charge in [-0.15, -0.1) is 0 Å². The summed E-state index contributed by atoms with van der Waals surface area (Å²) < 4.78 is 0. The maximum atomic E-state index is 2.40. The van der Waals surface area contributed by atoms with E-state index in [4.69, 9.17) is 0 Å². The van der Waals surface area contributed by atoms with Gasteiger partial charge in [-0.1, -0.05) is 26.7 Å². The highest BCUT2D eigenvalue weighted by Gasteiger charge is 2.62. The molecule has 0 heteroatoms. The van der Waals surface area contributed by atoms with Crippen molar-refractivity contribution in [2.45, 2.75) is 46.0 Å². The third-order valence-corrected chi connectivity index (χ3v) is 5.56. The van der Waals surface area contributed by atoms with Crippen LogP contribution in [0.1, 0.15) is 46.0 Å². The Labute approximate surface area is 82.1 Å². The third-order valence-electron chi connectivity index (χ3n) is 5.56. The van der Waals surface area contributed by atoms with Crippen molar-refractivity contribution in [2.75, 3.05) is 0 Å². The van der Waals surface area contributed by atoms with E-state index in [0.717, 1.165) is 11.8 Å². The molecule has 0 saturated heterocycles. The van der Waals surface area contributed by atoms with Crippen molar-refractivity contribution in [1.29, 1.82) is 0 Å². The van der Waals surface area contributed by atoms with Gasteiger partial charge in [0, 0.05) is 0 Å². The van der Waals surface area contributed by atoms with Crippen LogP contribution in [0.15, 0.2) is 0 Å². The smallest absolute Gasteiger partial charge is 0.0323 e. The zero-order valence-corrected chi connectivity index (χ0v) is 9.00. The summed E-state index contributed by atoms with van der Waals surface area (Å²) in [6, 6.07) is 0. The molecule has 0 aromatic heterocycles. The Bertz CT molecular complexity index is 208. The Morgan fingerprint density at radius 3 is 2.23 bits per heavy atom. The van der Waals surface area contributed by atoms with Crippen LogP contribution >= 0.6 is 0 Å². The van der Waals surface area contributed by atoms with E-state index in [9.17, 15) is 0 Å². The van der Waals surface area contributed by atoms with Gasteiger partial charge in [-0.3, -0.25) is 0 Å². The topological polar surface area (TPSA) is 0 Å². The highest BCUT2D eigenvalue weighted by Crippen LogP contribution is 2.69. The second-order valence-electron chi connectivity index (χ2n) is 5.63. The molecule has 74 valence electrons. The third kappa shape index (κ3) is 0.877. The average Bonchev–Trinajstić information content (AvgIpc) is 2.45. The van der Waals surface area contributed by atoms with E-state index in [1.165, 1.54) is 36.5 Å². The Morgan fingerprint density at radius 2 is 1.54 bits per heavy atom. The number of fused-ring (bicyclic) bond motifs is 4. The number of hydrogen-bond donors (Lipinski definition) is 0. The van der Waals surface area contributed by atoms with Crippen molar-refractivity contribution in [1.82, 2.24) is 0 Å². The average molecular weight is 178 g/mol. The van der Waals surface area contributed by atoms with E-state index in [1.807, 2.05) is 0 Å². The van der Waals surface area contributed by atoms with Gasteiger partial charge in [-0.05, 0) is 54.8 Å². The van der Waals surface area contributed by atoms with Crippen LogP contribution in [0.5, 0.6) is 0 Å². The molecule has 0 radical (unpaired) electrons. The standard InChI is InChI=1S/C13H22/c1-3-8-5-6-10-12(8)11-7-9(4-2)13(10)11/h8-13H,3-7H2,1-2H3. The van der Waals surface area contributed by atoms with Crippen LogP contribution in [0, 0.1) is 35.5 Å². The lowest BCUT2D eigenvalue weighted by molar-refractivity contribution is -0.151. The summed E-state index contributed by atoms with van der Waals surface area (Å²) in [5, 5.41) is 0. The first-order chi connectivity index (χ1) is 6.36. The lowest BCUT2D eigenvalue weighted by atomic mass is 9.42. The fraction of sp³-hybridized carbons (Fsp3) is 1.00. The van der Waals surface area contributed by atoms with Crippen molar-refractivity contribution in [3.05, 3.63) is 0 Å². The van der Waals surface area contributed by atoms with E-state index in [2.05, 4.69) is 13.8 Å². The van der Waals surface area contributed by atoms with Gasteiger partial charge in [0.05, 0.1) is 0 Å². The van der Waals surface area contributed by atoms with Crippen LogP contribution < -0.4 is 0 Å². The Balaban J connectivity index is 1.70. The molecule has 0 heterocycles. The maximum Gasteiger partial charge on any atom is -0.0323 e. The summed E-state index contributed by atoms with van der Waals surface area (Å²) in [6.45, 7) is 4.79. The van der Waals surface area contributed by atoms with Crippen LogP contribution in [0.2, 0.25) is 0 Å². The van der Waals surface area contributed by atoms with E-state index in [-0.39, 0.29) is 0 Å². The van der Waals surface area contributed by atoms with Gasteiger partial charge in [0.25, 0.3) is 0 Å². The zero-order valence-electron chi connectivity index (χ0n) is 9.00. The molecule has 0 spiro atoms. The van der Waals surface area contributed by atoms with E-state index in [0.29, 0.717) is 0 Å². The first kappa shape index (κ1) is 8.32. The molecule has 0 nitrogen and oxygen atoms in total. The molecule has 6 atom stereocenters. The minimum Gasteiger partial charge on any atom is -0.0651 e. The predicted octanol–water partition coefficient (Wildman–Crippen LogP) is 3.71. The molecular weight excluding hydrogens is 156 g/mol. The molecule has 3 aliphatic carbocycles. The van der Waals surface area contributed by atoms with Gasteiger partial charge >= 0.3 is 0 Å². The largest absolute Gasteiger partial charge is 0.0651 e. The molecule has 0 bridgehead atoms. The molecule has 0 N–H and O–H groups in total. The quantitative estimate of drug-likeness (QED) is 0.604. The Hall–Kier alpha value is 0.